The van der Waals surface area contributed by atoms with Gasteiger partial charge in [0.25, 0.3) is 0 Å². The molecule has 2 heteroatoms. The van der Waals surface area contributed by atoms with E-state index in [2.05, 4.69) is 29.8 Å². The van der Waals surface area contributed by atoms with E-state index in [-0.39, 0.29) is 0 Å². The molecule has 2 heterocycles. The molecule has 0 spiro atoms. The number of piperidine rings is 1. The average molecular weight is 204 g/mol. The van der Waals surface area contributed by atoms with Gasteiger partial charge in [-0.05, 0) is 36.8 Å². The number of pyridine rings is 1. The minimum Gasteiger partial charge on any atom is -0.371 e. The predicted octanol–water partition coefficient (Wildman–Crippen LogP) is 3.20. The summed E-state index contributed by atoms with van der Waals surface area (Å²) in [6.07, 6.45) is 7.99. The number of rotatable bonds is 2. The van der Waals surface area contributed by atoms with E-state index in [0.29, 0.717) is 5.92 Å². The second-order valence-corrected chi connectivity index (χ2v) is 4.64. The Bertz CT molecular complexity index is 314. The van der Waals surface area contributed by atoms with Gasteiger partial charge in [-0.15, -0.1) is 0 Å². The molecule has 1 aromatic rings. The van der Waals surface area contributed by atoms with Gasteiger partial charge < -0.3 is 4.90 Å². The van der Waals surface area contributed by atoms with Gasteiger partial charge in [0.05, 0.1) is 0 Å². The number of hydrogen-bond donors (Lipinski definition) is 0. The molecule has 15 heavy (non-hydrogen) atoms. The third-order valence-electron chi connectivity index (χ3n) is 3.15. The van der Waals surface area contributed by atoms with Gasteiger partial charge in [-0.3, -0.25) is 4.98 Å². The monoisotopic (exact) mass is 204 g/mol. The smallest absolute Gasteiger partial charge is 0.0432 e. The Morgan fingerprint density at radius 1 is 1.20 bits per heavy atom. The van der Waals surface area contributed by atoms with Crippen molar-refractivity contribution in [2.75, 3.05) is 18.0 Å². The highest BCUT2D eigenvalue weighted by atomic mass is 15.1. The lowest BCUT2D eigenvalue weighted by atomic mass is 10.0. The number of hydrogen-bond acceptors (Lipinski definition) is 2. The normalized spacial score (nSPS) is 17.1. The molecule has 1 aromatic heterocycles. The highest BCUT2D eigenvalue weighted by Gasteiger charge is 2.15. The molecule has 0 atom stereocenters. The lowest BCUT2D eigenvalue weighted by Gasteiger charge is -2.31. The van der Waals surface area contributed by atoms with Crippen LogP contribution in [0.2, 0.25) is 0 Å². The highest BCUT2D eigenvalue weighted by Crippen LogP contribution is 2.28. The van der Waals surface area contributed by atoms with E-state index in [0.717, 1.165) is 0 Å². The summed E-state index contributed by atoms with van der Waals surface area (Å²) < 4.78 is 0. The van der Waals surface area contributed by atoms with Crippen LogP contribution in [0.4, 0.5) is 5.69 Å². The first kappa shape index (κ1) is 10.5. The fraction of sp³-hybridized carbons (Fsp3) is 0.615. The SMILES string of the molecule is CC(C)c1cnccc1N1CCCCC1. The van der Waals surface area contributed by atoms with E-state index in [4.69, 9.17) is 0 Å². The average Bonchev–Trinajstić information content (AvgIpc) is 2.30. The molecule has 0 bridgehead atoms. The van der Waals surface area contributed by atoms with Crippen molar-refractivity contribution in [2.24, 2.45) is 0 Å². The van der Waals surface area contributed by atoms with Crippen LogP contribution in [0.3, 0.4) is 0 Å². The highest BCUT2D eigenvalue weighted by molar-refractivity contribution is 5.53. The van der Waals surface area contributed by atoms with E-state index in [1.54, 1.807) is 0 Å². The molecule has 2 nitrogen and oxygen atoms in total. The lowest BCUT2D eigenvalue weighted by molar-refractivity contribution is 0.575. The van der Waals surface area contributed by atoms with Crippen molar-refractivity contribution in [3.63, 3.8) is 0 Å². The summed E-state index contributed by atoms with van der Waals surface area (Å²) in [7, 11) is 0. The van der Waals surface area contributed by atoms with Crippen molar-refractivity contribution in [1.82, 2.24) is 4.98 Å². The van der Waals surface area contributed by atoms with Crippen molar-refractivity contribution in [3.05, 3.63) is 24.0 Å². The van der Waals surface area contributed by atoms with E-state index in [1.807, 2.05) is 12.4 Å². The van der Waals surface area contributed by atoms with Crippen LogP contribution in [-0.2, 0) is 0 Å². The molecule has 1 aliphatic heterocycles. The second kappa shape index (κ2) is 4.65. The summed E-state index contributed by atoms with van der Waals surface area (Å²) in [6.45, 7) is 6.91. The molecule has 0 amide bonds. The van der Waals surface area contributed by atoms with Crippen LogP contribution in [0, 0.1) is 0 Å². The zero-order chi connectivity index (χ0) is 10.7. The standard InChI is InChI=1S/C13H20N2/c1-11(2)12-10-14-7-6-13(12)15-8-4-3-5-9-15/h6-7,10-11H,3-5,8-9H2,1-2H3. The fourth-order valence-electron chi connectivity index (χ4n) is 2.27. The molecule has 0 unspecified atom stereocenters. The largest absolute Gasteiger partial charge is 0.371 e. The molecule has 0 aliphatic carbocycles. The maximum Gasteiger partial charge on any atom is 0.0432 e. The van der Waals surface area contributed by atoms with Crippen LogP contribution >= 0.6 is 0 Å². The third kappa shape index (κ3) is 2.31. The first-order valence-corrected chi connectivity index (χ1v) is 5.98. The molecule has 1 saturated heterocycles. The van der Waals surface area contributed by atoms with Gasteiger partial charge in [-0.25, -0.2) is 0 Å². The van der Waals surface area contributed by atoms with E-state index < -0.39 is 0 Å². The van der Waals surface area contributed by atoms with Crippen molar-refractivity contribution >= 4 is 5.69 Å². The van der Waals surface area contributed by atoms with E-state index >= 15 is 0 Å². The molecular formula is C13H20N2. The van der Waals surface area contributed by atoms with Crippen LogP contribution in [-0.4, -0.2) is 18.1 Å². The Balaban J connectivity index is 2.25. The molecule has 82 valence electrons. The van der Waals surface area contributed by atoms with Crippen molar-refractivity contribution in [1.29, 1.82) is 0 Å². The molecule has 0 aromatic carbocycles. The molecule has 2 rings (SSSR count). The number of aromatic nitrogens is 1. The van der Waals surface area contributed by atoms with Gasteiger partial charge in [0.1, 0.15) is 0 Å². The molecular weight excluding hydrogens is 184 g/mol. The minimum absolute atomic E-state index is 0.565. The number of anilines is 1. The quantitative estimate of drug-likeness (QED) is 0.735. The van der Waals surface area contributed by atoms with E-state index in [1.165, 1.54) is 43.6 Å². The van der Waals surface area contributed by atoms with Crippen molar-refractivity contribution in [2.45, 2.75) is 39.0 Å². The van der Waals surface area contributed by atoms with Crippen LogP contribution < -0.4 is 4.90 Å². The van der Waals surface area contributed by atoms with Gasteiger partial charge >= 0.3 is 0 Å². The number of nitrogens with zero attached hydrogens (tertiary/aromatic N) is 2. The Hall–Kier alpha value is -1.05. The van der Waals surface area contributed by atoms with Crippen LogP contribution in [0.5, 0.6) is 0 Å². The summed E-state index contributed by atoms with van der Waals surface area (Å²) in [5.74, 6) is 0.565. The molecule has 0 saturated carbocycles. The predicted molar refractivity (Wildman–Crippen MR) is 64.4 cm³/mol. The molecule has 1 fully saturated rings. The molecule has 0 radical (unpaired) electrons. The fourth-order valence-corrected chi connectivity index (χ4v) is 2.27. The Labute approximate surface area is 92.3 Å². The third-order valence-corrected chi connectivity index (χ3v) is 3.15. The summed E-state index contributed by atoms with van der Waals surface area (Å²) >= 11 is 0. The summed E-state index contributed by atoms with van der Waals surface area (Å²) in [5, 5.41) is 0. The topological polar surface area (TPSA) is 16.1 Å². The maximum absolute atomic E-state index is 4.23. The van der Waals surface area contributed by atoms with Gasteiger partial charge in [-0.2, -0.15) is 0 Å². The van der Waals surface area contributed by atoms with Gasteiger partial charge in [0.15, 0.2) is 0 Å². The zero-order valence-electron chi connectivity index (χ0n) is 9.74. The van der Waals surface area contributed by atoms with Crippen LogP contribution in [0.25, 0.3) is 0 Å². The lowest BCUT2D eigenvalue weighted by Crippen LogP contribution is -2.30. The minimum atomic E-state index is 0.565. The van der Waals surface area contributed by atoms with Crippen molar-refractivity contribution in [3.8, 4) is 0 Å². The summed E-state index contributed by atoms with van der Waals surface area (Å²) in [4.78, 5) is 6.75. The second-order valence-electron chi connectivity index (χ2n) is 4.64. The van der Waals surface area contributed by atoms with Crippen molar-refractivity contribution < 1.29 is 0 Å². The van der Waals surface area contributed by atoms with Gasteiger partial charge in [-0.1, -0.05) is 13.8 Å². The first-order valence-electron chi connectivity index (χ1n) is 5.98. The Morgan fingerprint density at radius 2 is 1.93 bits per heavy atom. The van der Waals surface area contributed by atoms with E-state index in [9.17, 15) is 0 Å². The molecule has 1 aliphatic rings. The molecule has 0 N–H and O–H groups in total. The first-order chi connectivity index (χ1) is 7.29. The summed E-state index contributed by atoms with van der Waals surface area (Å²) in [5.41, 5.74) is 2.79. The van der Waals surface area contributed by atoms with Crippen LogP contribution in [0.15, 0.2) is 18.5 Å². The van der Waals surface area contributed by atoms with Gasteiger partial charge in [0.2, 0.25) is 0 Å². The van der Waals surface area contributed by atoms with Crippen LogP contribution in [0.1, 0.15) is 44.6 Å². The zero-order valence-corrected chi connectivity index (χ0v) is 9.74. The Kier molecular flexibility index (Phi) is 3.24. The Morgan fingerprint density at radius 3 is 2.60 bits per heavy atom. The summed E-state index contributed by atoms with van der Waals surface area (Å²) in [6, 6.07) is 2.17. The maximum atomic E-state index is 4.23. The van der Waals surface area contributed by atoms with Gasteiger partial charge in [0, 0.05) is 31.2 Å².